The molecule has 1 amide bonds. The number of H-pyrrole nitrogens is 1. The molecule has 1 aromatic heterocycles. The van der Waals surface area contributed by atoms with Crippen molar-refractivity contribution in [1.29, 1.82) is 0 Å². The first-order valence-corrected chi connectivity index (χ1v) is 6.75. The van der Waals surface area contributed by atoms with Crippen LogP contribution in [0.4, 0.5) is 0 Å². The fourth-order valence-electron chi connectivity index (χ4n) is 2.32. The number of hydrogen-bond donors (Lipinski definition) is 3. The van der Waals surface area contributed by atoms with Crippen molar-refractivity contribution in [2.45, 2.75) is 32.1 Å². The van der Waals surface area contributed by atoms with E-state index in [0.29, 0.717) is 6.54 Å². The number of aromatic nitrogens is 2. The molecule has 7 heteroatoms. The number of nitrogens with one attached hydrogen (secondary N) is 1. The number of nitrogens with zero attached hydrogens (tertiary/aromatic N) is 2. The highest BCUT2D eigenvalue weighted by Gasteiger charge is 2.38. The van der Waals surface area contributed by atoms with Crippen LogP contribution >= 0.6 is 0 Å². The molecule has 0 spiro atoms. The van der Waals surface area contributed by atoms with E-state index in [1.165, 1.54) is 11.1 Å². The Morgan fingerprint density at radius 2 is 2.30 bits per heavy atom. The van der Waals surface area contributed by atoms with Crippen LogP contribution in [0, 0.1) is 5.92 Å². The number of carbonyl (C=O) groups excluding carboxylic acids is 1. The predicted octanol–water partition coefficient (Wildman–Crippen LogP) is -0.372. The van der Waals surface area contributed by atoms with Crippen molar-refractivity contribution in [3.8, 4) is 0 Å². The summed E-state index contributed by atoms with van der Waals surface area (Å²) in [7, 11) is 0. The molecule has 1 aliphatic rings. The van der Waals surface area contributed by atoms with E-state index in [1.807, 2.05) is 13.8 Å². The van der Waals surface area contributed by atoms with Crippen LogP contribution in [0.5, 0.6) is 0 Å². The third-order valence-corrected chi connectivity index (χ3v) is 3.29. The normalized spacial score (nSPS) is 26.8. The first-order valence-electron chi connectivity index (χ1n) is 6.75. The minimum Gasteiger partial charge on any atom is -0.388 e. The fraction of sp³-hybridized carbons (Fsp3) is 0.692. The summed E-state index contributed by atoms with van der Waals surface area (Å²) in [5, 5.41) is 19.8. The average Bonchev–Trinajstić information content (AvgIpc) is 2.92. The van der Waals surface area contributed by atoms with E-state index in [-0.39, 0.29) is 30.9 Å². The van der Waals surface area contributed by atoms with Gasteiger partial charge in [0.1, 0.15) is 12.2 Å². The van der Waals surface area contributed by atoms with Crippen molar-refractivity contribution in [3.63, 3.8) is 0 Å². The standard InChI is InChI=1S/C13H21N3O4/c1-8(2)5-16(13(19)12-14-3-4-15-12)9-6-20-7-10(17)11(9)18/h3-4,8-11,17-18H,5-7H2,1-2H3,(H,14,15)/t9-,10-,11+/m1/s1. The van der Waals surface area contributed by atoms with Gasteiger partial charge in [-0.05, 0) is 5.92 Å². The second kappa shape index (κ2) is 6.34. The smallest absolute Gasteiger partial charge is 0.290 e. The summed E-state index contributed by atoms with van der Waals surface area (Å²) < 4.78 is 5.26. The van der Waals surface area contributed by atoms with Crippen molar-refractivity contribution >= 4 is 5.91 Å². The van der Waals surface area contributed by atoms with Crippen LogP contribution in [0.25, 0.3) is 0 Å². The van der Waals surface area contributed by atoms with E-state index in [1.54, 1.807) is 6.20 Å². The molecule has 2 heterocycles. The van der Waals surface area contributed by atoms with E-state index >= 15 is 0 Å². The molecule has 0 radical (unpaired) electrons. The van der Waals surface area contributed by atoms with Crippen LogP contribution in [0.15, 0.2) is 12.4 Å². The van der Waals surface area contributed by atoms with Crippen molar-refractivity contribution in [2.24, 2.45) is 5.92 Å². The zero-order valence-corrected chi connectivity index (χ0v) is 11.7. The third-order valence-electron chi connectivity index (χ3n) is 3.29. The molecule has 0 aliphatic carbocycles. The van der Waals surface area contributed by atoms with Crippen molar-refractivity contribution in [2.75, 3.05) is 19.8 Å². The summed E-state index contributed by atoms with van der Waals surface area (Å²) in [6.07, 6.45) is 1.08. The van der Waals surface area contributed by atoms with E-state index in [9.17, 15) is 15.0 Å². The second-order valence-corrected chi connectivity index (χ2v) is 5.45. The van der Waals surface area contributed by atoms with Crippen molar-refractivity contribution in [1.82, 2.24) is 14.9 Å². The van der Waals surface area contributed by atoms with Gasteiger partial charge >= 0.3 is 0 Å². The van der Waals surface area contributed by atoms with Crippen molar-refractivity contribution in [3.05, 3.63) is 18.2 Å². The molecule has 3 atom stereocenters. The highest BCUT2D eigenvalue weighted by atomic mass is 16.5. The van der Waals surface area contributed by atoms with Gasteiger partial charge in [0.25, 0.3) is 5.91 Å². The number of aliphatic hydroxyl groups excluding tert-OH is 2. The molecule has 3 N–H and O–H groups in total. The van der Waals surface area contributed by atoms with Crippen LogP contribution < -0.4 is 0 Å². The van der Waals surface area contributed by atoms with Crippen LogP contribution in [-0.4, -0.2) is 69.0 Å². The number of carbonyl (C=O) groups is 1. The molecular weight excluding hydrogens is 262 g/mol. The van der Waals surface area contributed by atoms with Gasteiger partial charge in [-0.25, -0.2) is 4.98 Å². The van der Waals surface area contributed by atoms with Crippen molar-refractivity contribution < 1.29 is 19.7 Å². The largest absolute Gasteiger partial charge is 0.388 e. The minimum absolute atomic E-state index is 0.0854. The highest BCUT2D eigenvalue weighted by Crippen LogP contribution is 2.18. The summed E-state index contributed by atoms with van der Waals surface area (Å²) >= 11 is 0. The first kappa shape index (κ1) is 15.0. The van der Waals surface area contributed by atoms with Crippen LogP contribution in [0.1, 0.15) is 24.5 Å². The molecular formula is C13H21N3O4. The topological polar surface area (TPSA) is 98.7 Å². The zero-order valence-electron chi connectivity index (χ0n) is 11.7. The maximum absolute atomic E-state index is 12.5. The summed E-state index contributed by atoms with van der Waals surface area (Å²) in [6, 6.07) is -0.571. The Morgan fingerprint density at radius 3 is 2.90 bits per heavy atom. The Labute approximate surface area is 117 Å². The Hall–Kier alpha value is -1.44. The lowest BCUT2D eigenvalue weighted by Crippen LogP contribution is -2.58. The summed E-state index contributed by atoms with van der Waals surface area (Å²) in [5.41, 5.74) is 0. The Kier molecular flexibility index (Phi) is 4.74. The van der Waals surface area contributed by atoms with Gasteiger partial charge in [-0.3, -0.25) is 4.79 Å². The molecule has 0 bridgehead atoms. The molecule has 1 aliphatic heterocycles. The van der Waals surface area contributed by atoms with Gasteiger partial charge in [0.05, 0.1) is 19.3 Å². The molecule has 112 valence electrons. The van der Waals surface area contributed by atoms with Gasteiger partial charge in [-0.15, -0.1) is 0 Å². The van der Waals surface area contributed by atoms with Crippen LogP contribution in [0.2, 0.25) is 0 Å². The van der Waals surface area contributed by atoms with Crippen LogP contribution in [-0.2, 0) is 4.74 Å². The molecule has 1 aromatic rings. The maximum Gasteiger partial charge on any atom is 0.290 e. The van der Waals surface area contributed by atoms with Gasteiger partial charge in [0.2, 0.25) is 0 Å². The van der Waals surface area contributed by atoms with Crippen LogP contribution in [0.3, 0.4) is 0 Å². The molecule has 1 fully saturated rings. The lowest BCUT2D eigenvalue weighted by atomic mass is 10.0. The monoisotopic (exact) mass is 283 g/mol. The SMILES string of the molecule is CC(C)CN(C(=O)c1ncc[nH]1)[C@@H]1COC[C@@H](O)[C@H]1O. The number of ether oxygens (including phenoxy) is 1. The Bertz CT molecular complexity index is 435. The van der Waals surface area contributed by atoms with Gasteiger partial charge in [0, 0.05) is 18.9 Å². The number of aromatic amines is 1. The number of rotatable bonds is 4. The van der Waals surface area contributed by atoms with Gasteiger partial charge in [-0.2, -0.15) is 0 Å². The second-order valence-electron chi connectivity index (χ2n) is 5.45. The van der Waals surface area contributed by atoms with Gasteiger partial charge < -0.3 is 24.8 Å². The molecule has 7 nitrogen and oxygen atoms in total. The van der Waals surface area contributed by atoms with E-state index in [4.69, 9.17) is 4.74 Å². The fourth-order valence-corrected chi connectivity index (χ4v) is 2.32. The average molecular weight is 283 g/mol. The molecule has 0 unspecified atom stereocenters. The molecule has 0 saturated carbocycles. The molecule has 1 saturated heterocycles. The van der Waals surface area contributed by atoms with E-state index in [2.05, 4.69) is 9.97 Å². The van der Waals surface area contributed by atoms with Gasteiger partial charge in [-0.1, -0.05) is 13.8 Å². The molecule has 2 rings (SSSR count). The summed E-state index contributed by atoms with van der Waals surface area (Å²) in [4.78, 5) is 20.7. The number of aliphatic hydroxyl groups is 2. The summed E-state index contributed by atoms with van der Waals surface area (Å²) in [5.74, 6) is 0.142. The lowest BCUT2D eigenvalue weighted by Gasteiger charge is -2.39. The van der Waals surface area contributed by atoms with Gasteiger partial charge in [0.15, 0.2) is 5.82 Å². The summed E-state index contributed by atoms with van der Waals surface area (Å²) in [6.45, 7) is 4.71. The predicted molar refractivity (Wildman–Crippen MR) is 71.1 cm³/mol. The Balaban J connectivity index is 2.20. The first-order chi connectivity index (χ1) is 9.50. The third kappa shape index (κ3) is 3.17. The molecule has 0 aromatic carbocycles. The number of hydrogen-bond acceptors (Lipinski definition) is 5. The maximum atomic E-state index is 12.5. The lowest BCUT2D eigenvalue weighted by molar-refractivity contribution is -0.126. The quantitative estimate of drug-likeness (QED) is 0.700. The van der Waals surface area contributed by atoms with E-state index < -0.39 is 18.2 Å². The minimum atomic E-state index is -1.01. The number of imidazole rings is 1. The van der Waals surface area contributed by atoms with E-state index in [0.717, 1.165) is 0 Å². The zero-order chi connectivity index (χ0) is 14.7. The highest BCUT2D eigenvalue weighted by molar-refractivity contribution is 5.90. The number of amides is 1. The Morgan fingerprint density at radius 1 is 1.55 bits per heavy atom. The molecule has 20 heavy (non-hydrogen) atoms.